The number of piperidine rings is 1. The van der Waals surface area contributed by atoms with E-state index < -0.39 is 5.91 Å². The number of hydrogen-bond acceptors (Lipinski definition) is 3. The van der Waals surface area contributed by atoms with Gasteiger partial charge in [0.15, 0.2) is 0 Å². The Hall–Kier alpha value is -1.10. The molecule has 2 aliphatic rings. The first-order valence-corrected chi connectivity index (χ1v) is 10.8. The molecule has 5 nitrogen and oxygen atoms in total. The number of likely N-dealkylation sites (N-methyl/N-ethyl adjacent to an activating group) is 1. The van der Waals surface area contributed by atoms with Crippen LogP contribution in [0.2, 0.25) is 0 Å². The van der Waals surface area contributed by atoms with Crippen LogP contribution in [-0.2, 0) is 9.59 Å². The molecule has 0 bridgehead atoms. The van der Waals surface area contributed by atoms with Crippen LogP contribution in [0, 0.1) is 0 Å². The lowest BCUT2D eigenvalue weighted by Gasteiger charge is -2.35. The van der Waals surface area contributed by atoms with E-state index in [4.69, 9.17) is 0 Å². The quantitative estimate of drug-likeness (QED) is 0.764. The van der Waals surface area contributed by atoms with Gasteiger partial charge in [-0.05, 0) is 45.8 Å². The van der Waals surface area contributed by atoms with Gasteiger partial charge in [0.2, 0.25) is 0 Å². The summed E-state index contributed by atoms with van der Waals surface area (Å²) in [5, 5.41) is 3.06. The largest absolute Gasteiger partial charge is 0.345 e. The van der Waals surface area contributed by atoms with Gasteiger partial charge in [0.25, 0.3) is 0 Å². The highest BCUT2D eigenvalue weighted by atomic mass is 16.2. The minimum absolute atomic E-state index is 0.164. The lowest BCUT2D eigenvalue weighted by Crippen LogP contribution is -2.51. The van der Waals surface area contributed by atoms with Gasteiger partial charge in [-0.25, -0.2) is 0 Å². The Morgan fingerprint density at radius 1 is 0.808 bits per heavy atom. The highest BCUT2D eigenvalue weighted by Gasteiger charge is 2.28. The van der Waals surface area contributed by atoms with Crippen LogP contribution in [-0.4, -0.2) is 60.9 Å². The molecule has 1 aliphatic heterocycles. The topological polar surface area (TPSA) is 52.7 Å². The molecule has 0 radical (unpaired) electrons. The maximum Gasteiger partial charge on any atom is 0.311 e. The van der Waals surface area contributed by atoms with E-state index in [1.54, 1.807) is 11.9 Å². The third kappa shape index (κ3) is 7.26. The minimum atomic E-state index is -0.400. The van der Waals surface area contributed by atoms with Gasteiger partial charge in [-0.15, -0.1) is 0 Å². The van der Waals surface area contributed by atoms with Gasteiger partial charge in [0.05, 0.1) is 0 Å². The summed E-state index contributed by atoms with van der Waals surface area (Å²) in [6, 6.07) is 0.359. The van der Waals surface area contributed by atoms with E-state index in [1.165, 1.54) is 44.9 Å². The molecule has 5 heteroatoms. The summed E-state index contributed by atoms with van der Waals surface area (Å²) < 4.78 is 0. The van der Waals surface area contributed by atoms with Crippen molar-refractivity contribution in [2.75, 3.05) is 27.2 Å². The van der Waals surface area contributed by atoms with Crippen molar-refractivity contribution < 1.29 is 9.59 Å². The van der Waals surface area contributed by atoms with Crippen LogP contribution in [0.4, 0.5) is 0 Å². The zero-order chi connectivity index (χ0) is 18.8. The Balaban J connectivity index is 1.81. The molecule has 1 saturated carbocycles. The monoisotopic (exact) mass is 365 g/mol. The maximum atomic E-state index is 12.6. The lowest BCUT2D eigenvalue weighted by molar-refractivity contribution is -0.147. The van der Waals surface area contributed by atoms with Crippen molar-refractivity contribution in [2.45, 2.75) is 95.6 Å². The summed E-state index contributed by atoms with van der Waals surface area (Å²) >= 11 is 0. The maximum absolute atomic E-state index is 12.6. The molecule has 0 aromatic heterocycles. The molecule has 0 atom stereocenters. The van der Waals surface area contributed by atoms with Crippen molar-refractivity contribution in [2.24, 2.45) is 0 Å². The number of nitrogens with one attached hydrogen (secondary N) is 1. The fourth-order valence-corrected chi connectivity index (χ4v) is 4.26. The first-order valence-electron chi connectivity index (χ1n) is 10.8. The van der Waals surface area contributed by atoms with Gasteiger partial charge in [-0.3, -0.25) is 9.59 Å². The molecule has 1 N–H and O–H groups in total. The van der Waals surface area contributed by atoms with Crippen molar-refractivity contribution in [3.63, 3.8) is 0 Å². The molecule has 0 unspecified atom stereocenters. The molecule has 1 heterocycles. The van der Waals surface area contributed by atoms with Crippen molar-refractivity contribution in [1.29, 1.82) is 0 Å². The molecule has 26 heavy (non-hydrogen) atoms. The molecule has 150 valence electrons. The fraction of sp³-hybridized carbons (Fsp3) is 0.905. The van der Waals surface area contributed by atoms with Gasteiger partial charge in [0.1, 0.15) is 0 Å². The molecule has 2 amide bonds. The normalized spacial score (nSPS) is 22.8. The highest BCUT2D eigenvalue weighted by Crippen LogP contribution is 2.18. The highest BCUT2D eigenvalue weighted by molar-refractivity contribution is 6.35. The van der Waals surface area contributed by atoms with E-state index >= 15 is 0 Å². The Labute approximate surface area is 159 Å². The van der Waals surface area contributed by atoms with Gasteiger partial charge in [-0.1, -0.05) is 57.8 Å². The number of nitrogens with zero attached hydrogens (tertiary/aromatic N) is 2. The first-order chi connectivity index (χ1) is 12.6. The van der Waals surface area contributed by atoms with E-state index in [0.717, 1.165) is 51.6 Å². The average Bonchev–Trinajstić information content (AvgIpc) is 2.63. The zero-order valence-electron chi connectivity index (χ0n) is 17.0. The third-order valence-electron chi connectivity index (χ3n) is 6.19. The van der Waals surface area contributed by atoms with Gasteiger partial charge >= 0.3 is 11.8 Å². The standard InChI is InChI=1S/C21H39N3O2/c1-23-16-14-19(15-17-23)24(2)21(26)20(25)22-18-12-10-8-6-4-3-5-7-9-11-13-18/h18-19H,3-17H2,1-2H3,(H,22,25). The average molecular weight is 366 g/mol. The Bertz CT molecular complexity index is 421. The summed E-state index contributed by atoms with van der Waals surface area (Å²) in [6.07, 6.45) is 15.4. The van der Waals surface area contributed by atoms with Crippen LogP contribution in [0.15, 0.2) is 0 Å². The number of amides is 2. The molecule has 0 aromatic rings. The van der Waals surface area contributed by atoms with Crippen molar-refractivity contribution in [1.82, 2.24) is 15.1 Å². The molecule has 2 rings (SSSR count). The summed E-state index contributed by atoms with van der Waals surface area (Å²) in [4.78, 5) is 29.1. The Morgan fingerprint density at radius 2 is 1.27 bits per heavy atom. The van der Waals surface area contributed by atoms with Crippen molar-refractivity contribution in [3.05, 3.63) is 0 Å². The van der Waals surface area contributed by atoms with E-state index in [9.17, 15) is 9.59 Å². The van der Waals surface area contributed by atoms with Crippen LogP contribution < -0.4 is 5.32 Å². The molecule has 0 aromatic carbocycles. The molecule has 0 spiro atoms. The minimum Gasteiger partial charge on any atom is -0.345 e. The van der Waals surface area contributed by atoms with E-state index in [0.29, 0.717) is 0 Å². The predicted octanol–water partition coefficient (Wildman–Crippen LogP) is 3.33. The third-order valence-corrected chi connectivity index (χ3v) is 6.19. The van der Waals surface area contributed by atoms with Gasteiger partial charge in [-0.2, -0.15) is 0 Å². The van der Waals surface area contributed by atoms with Gasteiger partial charge in [0, 0.05) is 19.1 Å². The van der Waals surface area contributed by atoms with E-state index in [2.05, 4.69) is 17.3 Å². The van der Waals surface area contributed by atoms with Crippen LogP contribution in [0.25, 0.3) is 0 Å². The zero-order valence-corrected chi connectivity index (χ0v) is 17.0. The molecular weight excluding hydrogens is 326 g/mol. The number of carbonyl (C=O) groups excluding carboxylic acids is 2. The number of hydrogen-bond donors (Lipinski definition) is 1. The lowest BCUT2D eigenvalue weighted by atomic mass is 9.98. The molecular formula is C21H39N3O2. The summed E-state index contributed by atoms with van der Waals surface area (Å²) in [5.74, 6) is -0.755. The second kappa shape index (κ2) is 11.6. The molecule has 1 aliphatic carbocycles. The summed E-state index contributed by atoms with van der Waals surface area (Å²) in [7, 11) is 3.90. The summed E-state index contributed by atoms with van der Waals surface area (Å²) in [5.41, 5.74) is 0. The second-order valence-electron chi connectivity index (χ2n) is 8.38. The van der Waals surface area contributed by atoms with Gasteiger partial charge < -0.3 is 15.1 Å². The number of likely N-dealkylation sites (tertiary alicyclic amines) is 1. The Morgan fingerprint density at radius 3 is 1.77 bits per heavy atom. The molecule has 2 fully saturated rings. The van der Waals surface area contributed by atoms with Crippen LogP contribution in [0.3, 0.4) is 0 Å². The second-order valence-corrected chi connectivity index (χ2v) is 8.38. The van der Waals surface area contributed by atoms with Crippen molar-refractivity contribution in [3.8, 4) is 0 Å². The Kier molecular flexibility index (Phi) is 9.44. The van der Waals surface area contributed by atoms with Crippen LogP contribution in [0.1, 0.15) is 83.5 Å². The number of rotatable bonds is 2. The fourth-order valence-electron chi connectivity index (χ4n) is 4.26. The van der Waals surface area contributed by atoms with E-state index in [-0.39, 0.29) is 18.0 Å². The first kappa shape index (κ1) is 21.2. The molecule has 1 saturated heterocycles. The van der Waals surface area contributed by atoms with Crippen molar-refractivity contribution >= 4 is 11.8 Å². The smallest absolute Gasteiger partial charge is 0.311 e. The van der Waals surface area contributed by atoms with Crippen LogP contribution >= 0.6 is 0 Å². The van der Waals surface area contributed by atoms with Crippen LogP contribution in [0.5, 0.6) is 0 Å². The summed E-state index contributed by atoms with van der Waals surface area (Å²) in [6.45, 7) is 1.99. The SMILES string of the molecule is CN1CCC(N(C)C(=O)C(=O)NC2CCCCCCCCCCC2)CC1. The number of carbonyl (C=O) groups is 2. The predicted molar refractivity (Wildman–Crippen MR) is 106 cm³/mol. The van der Waals surface area contributed by atoms with E-state index in [1.807, 2.05) is 0 Å².